The van der Waals surface area contributed by atoms with E-state index >= 15 is 0 Å². The van der Waals surface area contributed by atoms with Gasteiger partial charge >= 0.3 is 6.09 Å². The van der Waals surface area contributed by atoms with Gasteiger partial charge in [0, 0.05) is 0 Å². The molecule has 0 saturated carbocycles. The zero-order valence-corrected chi connectivity index (χ0v) is 21.6. The molecular formula is C33H31NO4. The third kappa shape index (κ3) is 4.81. The number of hydrogen-bond donors (Lipinski definition) is 0. The number of amides is 1. The quantitative estimate of drug-likeness (QED) is 0.196. The van der Waals surface area contributed by atoms with Gasteiger partial charge in [-0.05, 0) is 34.4 Å². The van der Waals surface area contributed by atoms with E-state index in [-0.39, 0.29) is 18.7 Å². The fraction of sp³-hybridized carbons (Fsp3) is 0.182. The second-order valence-corrected chi connectivity index (χ2v) is 9.14. The lowest BCUT2D eigenvalue weighted by atomic mass is 9.80. The SMILES string of the molecule is COC(=O)N1[C@H](COC(c2ccccc2)(c2ccccc2)c2ccccc2)C=C[C@H]1c1ccc(OC)cc1. The van der Waals surface area contributed by atoms with Crippen LogP contribution in [0.3, 0.4) is 0 Å². The molecule has 1 aliphatic heterocycles. The van der Waals surface area contributed by atoms with Gasteiger partial charge in [-0.25, -0.2) is 4.79 Å². The Morgan fingerprint density at radius 2 is 1.21 bits per heavy atom. The molecule has 0 spiro atoms. The Morgan fingerprint density at radius 3 is 1.66 bits per heavy atom. The predicted octanol–water partition coefficient (Wildman–Crippen LogP) is 6.75. The van der Waals surface area contributed by atoms with E-state index in [4.69, 9.17) is 14.2 Å². The third-order valence-electron chi connectivity index (χ3n) is 7.03. The van der Waals surface area contributed by atoms with Crippen molar-refractivity contribution in [2.75, 3.05) is 20.8 Å². The van der Waals surface area contributed by atoms with Gasteiger partial charge in [0.05, 0.1) is 32.9 Å². The number of carbonyl (C=O) groups excluding carboxylic acids is 1. The first-order valence-corrected chi connectivity index (χ1v) is 12.7. The fourth-order valence-electron chi connectivity index (χ4n) is 5.17. The standard InChI is InChI=1S/C33H31NO4/c1-36-30-21-18-25(19-22-30)31-23-20-29(34(31)32(35)37-2)24-38-33(26-12-6-3-7-13-26,27-14-8-4-9-15-27)28-16-10-5-11-17-28/h3-23,29,31H,24H2,1-2H3/t29-,31-/m0/s1. The summed E-state index contributed by atoms with van der Waals surface area (Å²) in [7, 11) is 3.04. The summed E-state index contributed by atoms with van der Waals surface area (Å²) in [6.45, 7) is 0.261. The van der Waals surface area contributed by atoms with Crippen LogP contribution in [0.2, 0.25) is 0 Å². The minimum atomic E-state index is -0.877. The Hall–Kier alpha value is -4.35. The lowest BCUT2D eigenvalue weighted by Crippen LogP contribution is -2.43. The minimum Gasteiger partial charge on any atom is -0.497 e. The maximum Gasteiger partial charge on any atom is 0.410 e. The molecule has 1 heterocycles. The number of carbonyl (C=O) groups is 1. The molecule has 0 N–H and O–H groups in total. The molecule has 0 aromatic heterocycles. The number of hydrogen-bond acceptors (Lipinski definition) is 4. The molecule has 0 saturated heterocycles. The van der Waals surface area contributed by atoms with Crippen LogP contribution in [-0.4, -0.2) is 37.9 Å². The monoisotopic (exact) mass is 505 g/mol. The minimum absolute atomic E-state index is 0.261. The van der Waals surface area contributed by atoms with Gasteiger partial charge in [-0.15, -0.1) is 0 Å². The van der Waals surface area contributed by atoms with Crippen LogP contribution >= 0.6 is 0 Å². The van der Waals surface area contributed by atoms with Crippen LogP contribution in [0.4, 0.5) is 4.79 Å². The van der Waals surface area contributed by atoms with Gasteiger partial charge in [0.25, 0.3) is 0 Å². The first-order chi connectivity index (χ1) is 18.7. The molecule has 1 amide bonds. The molecular weight excluding hydrogens is 474 g/mol. The highest BCUT2D eigenvalue weighted by Gasteiger charge is 2.41. The Labute approximate surface area is 223 Å². The third-order valence-corrected chi connectivity index (χ3v) is 7.03. The molecule has 5 rings (SSSR count). The van der Waals surface area contributed by atoms with Crippen molar-refractivity contribution in [3.8, 4) is 5.75 Å². The van der Waals surface area contributed by atoms with Crippen molar-refractivity contribution < 1.29 is 19.0 Å². The van der Waals surface area contributed by atoms with Crippen molar-refractivity contribution in [2.24, 2.45) is 0 Å². The Balaban J connectivity index is 1.53. The van der Waals surface area contributed by atoms with E-state index < -0.39 is 11.7 Å². The molecule has 0 aliphatic carbocycles. The smallest absolute Gasteiger partial charge is 0.410 e. The molecule has 5 nitrogen and oxygen atoms in total. The van der Waals surface area contributed by atoms with Crippen LogP contribution < -0.4 is 4.74 Å². The molecule has 2 atom stereocenters. The lowest BCUT2D eigenvalue weighted by molar-refractivity contribution is -0.0131. The van der Waals surface area contributed by atoms with E-state index in [1.807, 2.05) is 91.0 Å². The maximum absolute atomic E-state index is 13.0. The average Bonchev–Trinajstić information content (AvgIpc) is 3.43. The van der Waals surface area contributed by atoms with Crippen molar-refractivity contribution in [3.63, 3.8) is 0 Å². The lowest BCUT2D eigenvalue weighted by Gasteiger charge is -2.38. The van der Waals surface area contributed by atoms with E-state index in [1.54, 1.807) is 12.0 Å². The number of ether oxygens (including phenoxy) is 3. The van der Waals surface area contributed by atoms with Crippen LogP contribution in [0, 0.1) is 0 Å². The van der Waals surface area contributed by atoms with Gasteiger partial charge in [-0.3, -0.25) is 4.90 Å². The van der Waals surface area contributed by atoms with Crippen LogP contribution in [-0.2, 0) is 15.1 Å². The van der Waals surface area contributed by atoms with Crippen LogP contribution in [0.25, 0.3) is 0 Å². The summed E-state index contributed by atoms with van der Waals surface area (Å²) >= 11 is 0. The van der Waals surface area contributed by atoms with Gasteiger partial charge in [-0.1, -0.05) is 115 Å². The van der Waals surface area contributed by atoms with Crippen molar-refractivity contribution in [2.45, 2.75) is 17.7 Å². The predicted molar refractivity (Wildman–Crippen MR) is 148 cm³/mol. The highest BCUT2D eigenvalue weighted by Crippen LogP contribution is 2.41. The molecule has 4 aromatic rings. The molecule has 0 fully saturated rings. The van der Waals surface area contributed by atoms with Crippen LogP contribution in [0.5, 0.6) is 5.75 Å². The number of nitrogens with zero attached hydrogens (tertiary/aromatic N) is 1. The zero-order valence-electron chi connectivity index (χ0n) is 21.6. The summed E-state index contributed by atoms with van der Waals surface area (Å²) in [5.74, 6) is 0.763. The molecule has 1 aliphatic rings. The van der Waals surface area contributed by atoms with E-state index in [9.17, 15) is 4.79 Å². The first kappa shape index (κ1) is 25.3. The number of methoxy groups -OCH3 is 2. The highest BCUT2D eigenvalue weighted by molar-refractivity contribution is 5.70. The van der Waals surface area contributed by atoms with E-state index in [0.29, 0.717) is 0 Å². The second-order valence-electron chi connectivity index (χ2n) is 9.14. The van der Waals surface area contributed by atoms with Gasteiger partial charge in [-0.2, -0.15) is 0 Å². The molecule has 5 heteroatoms. The Bertz CT molecular complexity index is 1260. The highest BCUT2D eigenvalue weighted by atomic mass is 16.5. The molecule has 0 bridgehead atoms. The molecule has 0 unspecified atom stereocenters. The largest absolute Gasteiger partial charge is 0.497 e. The summed E-state index contributed by atoms with van der Waals surface area (Å²) < 4.78 is 17.5. The van der Waals surface area contributed by atoms with E-state index in [1.165, 1.54) is 7.11 Å². The number of benzene rings is 4. The summed E-state index contributed by atoms with van der Waals surface area (Å²) in [5, 5.41) is 0. The molecule has 4 aromatic carbocycles. The fourth-order valence-corrected chi connectivity index (χ4v) is 5.17. The summed E-state index contributed by atoms with van der Waals surface area (Å²) in [5.41, 5.74) is 3.12. The van der Waals surface area contributed by atoms with Crippen molar-refractivity contribution in [3.05, 3.63) is 150 Å². The van der Waals surface area contributed by atoms with Gasteiger partial charge < -0.3 is 14.2 Å². The van der Waals surface area contributed by atoms with Gasteiger partial charge in [0.15, 0.2) is 0 Å². The molecule has 192 valence electrons. The topological polar surface area (TPSA) is 48.0 Å². The second kappa shape index (κ2) is 11.4. The summed E-state index contributed by atoms with van der Waals surface area (Å²) in [4.78, 5) is 14.8. The van der Waals surface area contributed by atoms with Crippen LogP contribution in [0.1, 0.15) is 28.3 Å². The van der Waals surface area contributed by atoms with Crippen molar-refractivity contribution in [1.29, 1.82) is 0 Å². The molecule has 38 heavy (non-hydrogen) atoms. The van der Waals surface area contributed by atoms with Gasteiger partial charge in [0.1, 0.15) is 11.4 Å². The van der Waals surface area contributed by atoms with Crippen LogP contribution in [0.15, 0.2) is 127 Å². The Morgan fingerprint density at radius 1 is 0.711 bits per heavy atom. The maximum atomic E-state index is 13.0. The average molecular weight is 506 g/mol. The van der Waals surface area contributed by atoms with Crippen molar-refractivity contribution >= 4 is 6.09 Å². The number of rotatable bonds is 8. The van der Waals surface area contributed by atoms with Gasteiger partial charge in [0.2, 0.25) is 0 Å². The van der Waals surface area contributed by atoms with E-state index in [2.05, 4.69) is 36.4 Å². The summed E-state index contributed by atoms with van der Waals surface area (Å²) in [6.07, 6.45) is 3.65. The first-order valence-electron chi connectivity index (χ1n) is 12.7. The van der Waals surface area contributed by atoms with Crippen molar-refractivity contribution in [1.82, 2.24) is 4.90 Å². The zero-order chi connectivity index (χ0) is 26.4. The Kier molecular flexibility index (Phi) is 7.57. The molecule has 0 radical (unpaired) electrons. The summed E-state index contributed by atoms with van der Waals surface area (Å²) in [6, 6.07) is 37.8. The van der Waals surface area contributed by atoms with E-state index in [0.717, 1.165) is 28.0 Å². The normalized spacial score (nSPS) is 16.8.